The fraction of sp³-hybridized carbons (Fsp3) is 0.409. The van der Waals surface area contributed by atoms with Crippen LogP contribution in [0.2, 0.25) is 0 Å². The topological polar surface area (TPSA) is 26.3 Å². The van der Waals surface area contributed by atoms with Crippen LogP contribution >= 0.6 is 0 Å². The molecule has 0 aliphatic heterocycles. The number of hydrogen-bond donors (Lipinski definition) is 0. The standard InChI is InChI=1S/C22H28O2/c1-3-5-6-7-17-24-21-15-13-19(14-16-21)18-9-11-20(12-10-18)22(23)8-4-2/h9-16H,3-8,17H2,1-2H3. The van der Waals surface area contributed by atoms with Crippen molar-refractivity contribution in [2.75, 3.05) is 6.61 Å². The number of benzene rings is 2. The second-order valence-corrected chi connectivity index (χ2v) is 6.18. The molecular weight excluding hydrogens is 296 g/mol. The first-order chi connectivity index (χ1) is 11.7. The average Bonchev–Trinajstić information content (AvgIpc) is 2.62. The van der Waals surface area contributed by atoms with E-state index in [1.165, 1.54) is 19.3 Å². The molecule has 2 rings (SSSR count). The smallest absolute Gasteiger partial charge is 0.162 e. The molecule has 2 aromatic rings. The Labute approximate surface area is 145 Å². The van der Waals surface area contributed by atoms with E-state index in [2.05, 4.69) is 19.1 Å². The van der Waals surface area contributed by atoms with Crippen molar-refractivity contribution >= 4 is 5.78 Å². The number of hydrogen-bond acceptors (Lipinski definition) is 2. The van der Waals surface area contributed by atoms with Crippen LogP contribution in [0.25, 0.3) is 11.1 Å². The van der Waals surface area contributed by atoms with Crippen LogP contribution in [0.4, 0.5) is 0 Å². The molecule has 0 aliphatic rings. The molecule has 0 amide bonds. The maximum Gasteiger partial charge on any atom is 0.162 e. The minimum atomic E-state index is 0.218. The maximum atomic E-state index is 11.9. The summed E-state index contributed by atoms with van der Waals surface area (Å²) in [5.74, 6) is 1.14. The van der Waals surface area contributed by atoms with Gasteiger partial charge in [-0.15, -0.1) is 0 Å². The summed E-state index contributed by atoms with van der Waals surface area (Å²) in [6.45, 7) is 5.03. The molecule has 0 radical (unpaired) electrons. The zero-order valence-corrected chi connectivity index (χ0v) is 14.9. The monoisotopic (exact) mass is 324 g/mol. The molecule has 0 aromatic heterocycles. The van der Waals surface area contributed by atoms with Crippen molar-refractivity contribution < 1.29 is 9.53 Å². The predicted molar refractivity (Wildman–Crippen MR) is 101 cm³/mol. The van der Waals surface area contributed by atoms with Crippen LogP contribution < -0.4 is 4.74 Å². The van der Waals surface area contributed by atoms with Gasteiger partial charge >= 0.3 is 0 Å². The summed E-state index contributed by atoms with van der Waals surface area (Å²) >= 11 is 0. The van der Waals surface area contributed by atoms with Gasteiger partial charge in [0, 0.05) is 12.0 Å². The van der Waals surface area contributed by atoms with E-state index in [1.807, 2.05) is 43.3 Å². The van der Waals surface area contributed by atoms with E-state index in [1.54, 1.807) is 0 Å². The fourth-order valence-corrected chi connectivity index (χ4v) is 2.68. The van der Waals surface area contributed by atoms with E-state index in [9.17, 15) is 4.79 Å². The number of ketones is 1. The first kappa shape index (κ1) is 18.3. The first-order valence-corrected chi connectivity index (χ1v) is 9.11. The van der Waals surface area contributed by atoms with Crippen molar-refractivity contribution in [2.24, 2.45) is 0 Å². The van der Waals surface area contributed by atoms with Crippen LogP contribution in [0.15, 0.2) is 48.5 Å². The van der Waals surface area contributed by atoms with Crippen molar-refractivity contribution in [3.63, 3.8) is 0 Å². The Morgan fingerprint density at radius 2 is 1.42 bits per heavy atom. The number of ether oxygens (including phenoxy) is 1. The first-order valence-electron chi connectivity index (χ1n) is 9.11. The molecule has 0 atom stereocenters. The summed E-state index contributed by atoms with van der Waals surface area (Å²) in [6.07, 6.45) is 6.38. The van der Waals surface area contributed by atoms with Gasteiger partial charge in [-0.25, -0.2) is 0 Å². The van der Waals surface area contributed by atoms with Crippen molar-refractivity contribution in [3.05, 3.63) is 54.1 Å². The lowest BCUT2D eigenvalue weighted by Gasteiger charge is -2.08. The second kappa shape index (κ2) is 9.92. The lowest BCUT2D eigenvalue weighted by molar-refractivity contribution is 0.0982. The lowest BCUT2D eigenvalue weighted by Crippen LogP contribution is -1.98. The van der Waals surface area contributed by atoms with Gasteiger partial charge in [0.25, 0.3) is 0 Å². The number of carbonyl (C=O) groups excluding carboxylic acids is 1. The Morgan fingerprint density at radius 3 is 2.00 bits per heavy atom. The minimum Gasteiger partial charge on any atom is -0.494 e. The quantitative estimate of drug-likeness (QED) is 0.379. The van der Waals surface area contributed by atoms with Crippen molar-refractivity contribution in [1.29, 1.82) is 0 Å². The highest BCUT2D eigenvalue weighted by Crippen LogP contribution is 2.23. The molecule has 0 heterocycles. The van der Waals surface area contributed by atoms with E-state index in [-0.39, 0.29) is 5.78 Å². The summed E-state index contributed by atoms with van der Waals surface area (Å²) in [5, 5.41) is 0. The molecule has 0 saturated carbocycles. The molecule has 0 spiro atoms. The normalized spacial score (nSPS) is 10.6. The molecule has 0 fully saturated rings. The number of rotatable bonds is 10. The molecule has 0 unspecified atom stereocenters. The van der Waals surface area contributed by atoms with Crippen LogP contribution in [0.5, 0.6) is 5.75 Å². The molecule has 0 bridgehead atoms. The van der Waals surface area contributed by atoms with Gasteiger partial charge in [0.15, 0.2) is 5.78 Å². The van der Waals surface area contributed by atoms with Gasteiger partial charge in [-0.05, 0) is 36.1 Å². The Balaban J connectivity index is 1.91. The fourth-order valence-electron chi connectivity index (χ4n) is 2.68. The largest absolute Gasteiger partial charge is 0.494 e. The molecule has 0 N–H and O–H groups in total. The molecular formula is C22H28O2. The van der Waals surface area contributed by atoms with Crippen LogP contribution in [0.3, 0.4) is 0 Å². The van der Waals surface area contributed by atoms with E-state index in [4.69, 9.17) is 4.74 Å². The van der Waals surface area contributed by atoms with Gasteiger partial charge in [0.05, 0.1) is 6.61 Å². The second-order valence-electron chi connectivity index (χ2n) is 6.18. The molecule has 2 heteroatoms. The summed E-state index contributed by atoms with van der Waals surface area (Å²) in [7, 11) is 0. The van der Waals surface area contributed by atoms with Crippen LogP contribution in [-0.4, -0.2) is 12.4 Å². The molecule has 0 saturated heterocycles. The highest BCUT2D eigenvalue weighted by Gasteiger charge is 2.05. The molecule has 24 heavy (non-hydrogen) atoms. The van der Waals surface area contributed by atoms with E-state index in [0.29, 0.717) is 6.42 Å². The van der Waals surface area contributed by atoms with Crippen molar-refractivity contribution in [3.8, 4) is 16.9 Å². The van der Waals surface area contributed by atoms with E-state index in [0.717, 1.165) is 41.9 Å². The number of unbranched alkanes of at least 4 members (excludes halogenated alkanes) is 3. The Kier molecular flexibility index (Phi) is 7.54. The van der Waals surface area contributed by atoms with Gasteiger partial charge in [0.2, 0.25) is 0 Å². The Bertz CT molecular complexity index is 611. The maximum absolute atomic E-state index is 11.9. The zero-order chi connectivity index (χ0) is 17.2. The van der Waals surface area contributed by atoms with Crippen molar-refractivity contribution in [1.82, 2.24) is 0 Å². The van der Waals surface area contributed by atoms with Crippen molar-refractivity contribution in [2.45, 2.75) is 52.4 Å². The summed E-state index contributed by atoms with van der Waals surface area (Å²) in [5.41, 5.74) is 3.06. The van der Waals surface area contributed by atoms with Gasteiger partial charge in [0.1, 0.15) is 5.75 Å². The Hall–Kier alpha value is -2.09. The summed E-state index contributed by atoms with van der Waals surface area (Å²) in [4.78, 5) is 11.9. The van der Waals surface area contributed by atoms with E-state index < -0.39 is 0 Å². The highest BCUT2D eigenvalue weighted by atomic mass is 16.5. The van der Waals surface area contributed by atoms with Gasteiger partial charge in [-0.3, -0.25) is 4.79 Å². The van der Waals surface area contributed by atoms with Crippen LogP contribution in [0.1, 0.15) is 62.7 Å². The van der Waals surface area contributed by atoms with Gasteiger partial charge in [-0.1, -0.05) is 69.5 Å². The Morgan fingerprint density at radius 1 is 0.792 bits per heavy atom. The zero-order valence-electron chi connectivity index (χ0n) is 14.9. The molecule has 2 aromatic carbocycles. The summed E-state index contributed by atoms with van der Waals surface area (Å²) in [6, 6.07) is 16.1. The van der Waals surface area contributed by atoms with Crippen LogP contribution in [0, 0.1) is 0 Å². The third-order valence-corrected chi connectivity index (χ3v) is 4.14. The molecule has 0 aliphatic carbocycles. The minimum absolute atomic E-state index is 0.218. The van der Waals surface area contributed by atoms with Gasteiger partial charge < -0.3 is 4.74 Å². The highest BCUT2D eigenvalue weighted by molar-refractivity contribution is 5.96. The molecule has 2 nitrogen and oxygen atoms in total. The average molecular weight is 324 g/mol. The molecule has 128 valence electrons. The third kappa shape index (κ3) is 5.52. The predicted octanol–water partition coefficient (Wildman–Crippen LogP) is 6.30. The number of carbonyl (C=O) groups is 1. The third-order valence-electron chi connectivity index (χ3n) is 4.14. The van der Waals surface area contributed by atoms with Crippen LogP contribution in [-0.2, 0) is 0 Å². The lowest BCUT2D eigenvalue weighted by atomic mass is 10.0. The van der Waals surface area contributed by atoms with Gasteiger partial charge in [-0.2, -0.15) is 0 Å². The SMILES string of the molecule is CCCCCCOc1ccc(-c2ccc(C(=O)CCC)cc2)cc1. The summed E-state index contributed by atoms with van der Waals surface area (Å²) < 4.78 is 5.78. The number of Topliss-reactive ketones (excluding diaryl/α,β-unsaturated/α-hetero) is 1. The van der Waals surface area contributed by atoms with E-state index >= 15 is 0 Å².